The van der Waals surface area contributed by atoms with Crippen LogP contribution >= 0.6 is 11.6 Å². The fraction of sp³-hybridized carbons (Fsp3) is 0.333. The first-order valence-corrected chi connectivity index (χ1v) is 7.39. The quantitative estimate of drug-likeness (QED) is 0.854. The van der Waals surface area contributed by atoms with E-state index in [2.05, 4.69) is 44.3 Å². The van der Waals surface area contributed by atoms with Gasteiger partial charge in [0.25, 0.3) is 0 Å². The Hall–Kier alpha value is -1.31. The molecule has 1 atom stereocenters. The third kappa shape index (κ3) is 3.23. The van der Waals surface area contributed by atoms with Crippen molar-refractivity contribution in [1.82, 2.24) is 5.32 Å². The average molecular weight is 288 g/mol. The summed E-state index contributed by atoms with van der Waals surface area (Å²) in [6.07, 6.45) is 0.904. The molecule has 0 aliphatic heterocycles. The highest BCUT2D eigenvalue weighted by Gasteiger charge is 2.16. The van der Waals surface area contributed by atoms with Crippen LogP contribution in [0.2, 0.25) is 5.02 Å². The molecule has 0 aliphatic rings. The number of hydrogen-bond donors (Lipinski definition) is 1. The lowest BCUT2D eigenvalue weighted by atomic mass is 9.90. The molecular weight excluding hydrogens is 266 g/mol. The molecular formula is C18H22ClN. The fourth-order valence-corrected chi connectivity index (χ4v) is 3.19. The molecule has 0 aromatic heterocycles. The van der Waals surface area contributed by atoms with Crippen LogP contribution in [0, 0.1) is 20.8 Å². The zero-order chi connectivity index (χ0) is 14.7. The number of rotatable bonds is 4. The van der Waals surface area contributed by atoms with E-state index in [1.54, 1.807) is 0 Å². The summed E-state index contributed by atoms with van der Waals surface area (Å²) in [5.74, 6) is 0. The van der Waals surface area contributed by atoms with Crippen LogP contribution in [-0.2, 0) is 6.42 Å². The monoisotopic (exact) mass is 287 g/mol. The molecule has 0 heterocycles. The van der Waals surface area contributed by atoms with Gasteiger partial charge in [0.1, 0.15) is 0 Å². The van der Waals surface area contributed by atoms with Gasteiger partial charge >= 0.3 is 0 Å². The van der Waals surface area contributed by atoms with Crippen LogP contribution in [0.3, 0.4) is 0 Å². The second kappa shape index (κ2) is 6.43. The van der Waals surface area contributed by atoms with Gasteiger partial charge in [0.15, 0.2) is 0 Å². The molecule has 0 radical (unpaired) electrons. The lowest BCUT2D eigenvalue weighted by Crippen LogP contribution is -2.21. The Kier molecular flexibility index (Phi) is 4.85. The molecule has 20 heavy (non-hydrogen) atoms. The highest BCUT2D eigenvalue weighted by molar-refractivity contribution is 6.31. The smallest absolute Gasteiger partial charge is 0.0438 e. The lowest BCUT2D eigenvalue weighted by Gasteiger charge is -2.22. The topological polar surface area (TPSA) is 12.0 Å². The average Bonchev–Trinajstić information content (AvgIpc) is 2.38. The Labute approximate surface area is 127 Å². The molecule has 0 spiro atoms. The first kappa shape index (κ1) is 15.1. The summed E-state index contributed by atoms with van der Waals surface area (Å²) in [4.78, 5) is 0. The fourth-order valence-electron chi connectivity index (χ4n) is 2.97. The molecule has 0 amide bonds. The molecule has 1 unspecified atom stereocenters. The molecule has 0 fully saturated rings. The summed E-state index contributed by atoms with van der Waals surface area (Å²) in [7, 11) is 2.01. The third-order valence-corrected chi connectivity index (χ3v) is 4.19. The summed E-state index contributed by atoms with van der Waals surface area (Å²) >= 11 is 6.29. The van der Waals surface area contributed by atoms with Crippen LogP contribution in [0.4, 0.5) is 0 Å². The van der Waals surface area contributed by atoms with Crippen molar-refractivity contribution in [3.8, 4) is 0 Å². The van der Waals surface area contributed by atoms with Gasteiger partial charge in [-0.15, -0.1) is 0 Å². The predicted molar refractivity (Wildman–Crippen MR) is 87.6 cm³/mol. The maximum atomic E-state index is 6.29. The van der Waals surface area contributed by atoms with Crippen LogP contribution in [0.1, 0.15) is 33.9 Å². The number of nitrogens with one attached hydrogen (secondary N) is 1. The van der Waals surface area contributed by atoms with Gasteiger partial charge in [-0.2, -0.15) is 0 Å². The van der Waals surface area contributed by atoms with Crippen molar-refractivity contribution in [2.75, 3.05) is 7.05 Å². The van der Waals surface area contributed by atoms with Gasteiger partial charge in [-0.1, -0.05) is 47.5 Å². The van der Waals surface area contributed by atoms with Gasteiger partial charge in [-0.25, -0.2) is 0 Å². The number of likely N-dealkylation sites (N-methyl/N-ethyl adjacent to an activating group) is 1. The van der Waals surface area contributed by atoms with E-state index in [4.69, 9.17) is 11.6 Å². The Bertz CT molecular complexity index is 581. The van der Waals surface area contributed by atoms with Gasteiger partial charge in [-0.05, 0) is 62.6 Å². The zero-order valence-corrected chi connectivity index (χ0v) is 13.4. The SMILES string of the molecule is CNC(Cc1ccccc1Cl)c1c(C)cc(C)cc1C. The van der Waals surface area contributed by atoms with E-state index in [0.29, 0.717) is 0 Å². The maximum Gasteiger partial charge on any atom is 0.0438 e. The van der Waals surface area contributed by atoms with E-state index >= 15 is 0 Å². The molecule has 0 saturated heterocycles. The van der Waals surface area contributed by atoms with Crippen molar-refractivity contribution < 1.29 is 0 Å². The molecule has 0 bridgehead atoms. The van der Waals surface area contributed by atoms with Crippen LogP contribution in [0.25, 0.3) is 0 Å². The number of hydrogen-bond acceptors (Lipinski definition) is 1. The highest BCUT2D eigenvalue weighted by atomic mass is 35.5. The van der Waals surface area contributed by atoms with Gasteiger partial charge in [0, 0.05) is 11.1 Å². The first-order chi connectivity index (χ1) is 9.52. The van der Waals surface area contributed by atoms with E-state index < -0.39 is 0 Å². The molecule has 2 aromatic carbocycles. The van der Waals surface area contributed by atoms with Gasteiger partial charge < -0.3 is 5.32 Å². The van der Waals surface area contributed by atoms with Crippen molar-refractivity contribution in [3.63, 3.8) is 0 Å². The van der Waals surface area contributed by atoms with Crippen molar-refractivity contribution in [3.05, 3.63) is 69.2 Å². The van der Waals surface area contributed by atoms with Crippen LogP contribution in [-0.4, -0.2) is 7.05 Å². The van der Waals surface area contributed by atoms with Crippen molar-refractivity contribution in [2.24, 2.45) is 0 Å². The Morgan fingerprint density at radius 1 is 1.05 bits per heavy atom. The molecule has 2 rings (SSSR count). The maximum absolute atomic E-state index is 6.29. The molecule has 1 nitrogen and oxygen atoms in total. The summed E-state index contributed by atoms with van der Waals surface area (Å²) in [5.41, 5.74) is 6.57. The normalized spacial score (nSPS) is 12.4. The lowest BCUT2D eigenvalue weighted by molar-refractivity contribution is 0.585. The summed E-state index contributed by atoms with van der Waals surface area (Å²) < 4.78 is 0. The van der Waals surface area contributed by atoms with E-state index in [0.717, 1.165) is 11.4 Å². The highest BCUT2D eigenvalue weighted by Crippen LogP contribution is 2.28. The van der Waals surface area contributed by atoms with Crippen LogP contribution in [0.5, 0.6) is 0 Å². The minimum Gasteiger partial charge on any atom is -0.313 e. The van der Waals surface area contributed by atoms with Crippen molar-refractivity contribution >= 4 is 11.6 Å². The zero-order valence-electron chi connectivity index (χ0n) is 12.6. The molecule has 0 aliphatic carbocycles. The number of aryl methyl sites for hydroxylation is 3. The molecule has 2 heteroatoms. The summed E-state index contributed by atoms with van der Waals surface area (Å²) in [5, 5.41) is 4.28. The Morgan fingerprint density at radius 3 is 2.20 bits per heavy atom. The van der Waals surface area contributed by atoms with Crippen molar-refractivity contribution in [1.29, 1.82) is 0 Å². The third-order valence-electron chi connectivity index (χ3n) is 3.82. The summed E-state index contributed by atoms with van der Waals surface area (Å²) in [6, 6.07) is 12.9. The van der Waals surface area contributed by atoms with Gasteiger partial charge in [0.05, 0.1) is 0 Å². The molecule has 106 valence electrons. The minimum atomic E-state index is 0.287. The predicted octanol–water partition coefficient (Wildman–Crippen LogP) is 4.77. The molecule has 1 N–H and O–H groups in total. The Balaban J connectivity index is 2.37. The van der Waals surface area contributed by atoms with Crippen molar-refractivity contribution in [2.45, 2.75) is 33.2 Å². The molecule has 0 saturated carbocycles. The largest absolute Gasteiger partial charge is 0.313 e. The van der Waals surface area contributed by atoms with E-state index in [9.17, 15) is 0 Å². The molecule has 2 aromatic rings. The standard InChI is InChI=1S/C18H22ClN/c1-12-9-13(2)18(14(3)10-12)17(20-4)11-15-7-5-6-8-16(15)19/h5-10,17,20H,11H2,1-4H3. The first-order valence-electron chi connectivity index (χ1n) is 7.01. The second-order valence-corrected chi connectivity index (χ2v) is 5.86. The van der Waals surface area contributed by atoms with Crippen LogP contribution in [0.15, 0.2) is 36.4 Å². The summed E-state index contributed by atoms with van der Waals surface area (Å²) in [6.45, 7) is 6.52. The number of benzene rings is 2. The Morgan fingerprint density at radius 2 is 1.65 bits per heavy atom. The van der Waals surface area contributed by atoms with E-state index in [1.807, 2.05) is 25.2 Å². The van der Waals surface area contributed by atoms with Crippen LogP contribution < -0.4 is 5.32 Å². The van der Waals surface area contributed by atoms with Gasteiger partial charge in [-0.3, -0.25) is 0 Å². The van der Waals surface area contributed by atoms with Gasteiger partial charge in [0.2, 0.25) is 0 Å². The second-order valence-electron chi connectivity index (χ2n) is 5.45. The van der Waals surface area contributed by atoms with E-state index in [1.165, 1.54) is 27.8 Å². The number of halogens is 1. The minimum absolute atomic E-state index is 0.287. The van der Waals surface area contributed by atoms with E-state index in [-0.39, 0.29) is 6.04 Å².